The lowest BCUT2D eigenvalue weighted by Gasteiger charge is -2.17. The molecule has 150 valence electrons. The van der Waals surface area contributed by atoms with Gasteiger partial charge < -0.3 is 5.32 Å². The molecule has 0 aliphatic heterocycles. The van der Waals surface area contributed by atoms with Crippen LogP contribution in [0.2, 0.25) is 0 Å². The van der Waals surface area contributed by atoms with E-state index in [1.165, 1.54) is 36.0 Å². The van der Waals surface area contributed by atoms with Gasteiger partial charge >= 0.3 is 0 Å². The summed E-state index contributed by atoms with van der Waals surface area (Å²) in [5.41, 5.74) is 2.92. The first-order valence-corrected chi connectivity index (χ1v) is 11.1. The highest BCUT2D eigenvalue weighted by molar-refractivity contribution is 8.00. The maximum absolute atomic E-state index is 13.0. The number of nitrogens with zero attached hydrogens (tertiary/aromatic N) is 2. The van der Waals surface area contributed by atoms with Crippen molar-refractivity contribution < 1.29 is 13.2 Å². The molecule has 1 amide bonds. The number of rotatable bonds is 6. The van der Waals surface area contributed by atoms with Crippen molar-refractivity contribution in [1.82, 2.24) is 9.97 Å². The zero-order valence-corrected chi connectivity index (χ0v) is 17.5. The van der Waals surface area contributed by atoms with Crippen molar-refractivity contribution in [3.8, 4) is 0 Å². The summed E-state index contributed by atoms with van der Waals surface area (Å²) in [4.78, 5) is 21.9. The summed E-state index contributed by atoms with van der Waals surface area (Å²) in [6, 6.07) is 16.9. The number of thioether (sulfide) groups is 1. The third-order valence-corrected chi connectivity index (χ3v) is 6.02. The highest BCUT2D eigenvalue weighted by atomic mass is 32.2. The number of aromatic nitrogens is 2. The van der Waals surface area contributed by atoms with Crippen molar-refractivity contribution in [3.63, 3.8) is 0 Å². The molecule has 0 saturated carbocycles. The van der Waals surface area contributed by atoms with E-state index in [0.29, 0.717) is 10.8 Å². The lowest BCUT2D eigenvalue weighted by Crippen LogP contribution is -2.19. The van der Waals surface area contributed by atoms with Crippen LogP contribution in [0.4, 0.5) is 5.69 Å². The van der Waals surface area contributed by atoms with Gasteiger partial charge in [0.05, 0.1) is 4.90 Å². The highest BCUT2D eigenvalue weighted by Crippen LogP contribution is 2.34. The second-order valence-corrected chi connectivity index (χ2v) is 9.03. The number of benzene rings is 2. The van der Waals surface area contributed by atoms with Crippen LogP contribution in [-0.2, 0) is 14.8 Å². The first kappa shape index (κ1) is 21.0. The number of carbonyl (C=O) groups excluding carboxylic acids is 1. The lowest BCUT2D eigenvalue weighted by atomic mass is 10.1. The minimum atomic E-state index is -3.79. The van der Waals surface area contributed by atoms with Gasteiger partial charge in [0.2, 0.25) is 15.9 Å². The molecule has 3 aromatic rings. The topological polar surface area (TPSA) is 115 Å². The standard InChI is InChI=1S/C20H20N4O3S2/c1-13-12-14(2)23-20(22-13)28-18(15-6-4-3-5-7-15)19(25)24-16-8-10-17(11-9-16)29(21,26)27/h3-12,18H,1-2H3,(H,24,25)(H2,21,26,27)/t18-/m1/s1. The molecule has 9 heteroatoms. The Hall–Kier alpha value is -2.75. The summed E-state index contributed by atoms with van der Waals surface area (Å²) in [5.74, 6) is -0.271. The summed E-state index contributed by atoms with van der Waals surface area (Å²) >= 11 is 1.25. The molecular weight excluding hydrogens is 408 g/mol. The Morgan fingerprint density at radius 1 is 1.00 bits per heavy atom. The van der Waals surface area contributed by atoms with Gasteiger partial charge in [-0.05, 0) is 49.7 Å². The van der Waals surface area contributed by atoms with E-state index in [1.807, 2.05) is 50.2 Å². The largest absolute Gasteiger partial charge is 0.325 e. The van der Waals surface area contributed by atoms with E-state index in [0.717, 1.165) is 17.0 Å². The Bertz CT molecular complexity index is 1100. The molecule has 1 aromatic heterocycles. The molecule has 29 heavy (non-hydrogen) atoms. The molecule has 0 aliphatic rings. The van der Waals surface area contributed by atoms with E-state index in [2.05, 4.69) is 15.3 Å². The molecule has 7 nitrogen and oxygen atoms in total. The van der Waals surface area contributed by atoms with E-state index < -0.39 is 15.3 Å². The Kier molecular flexibility index (Phi) is 6.31. The molecule has 2 aromatic carbocycles. The molecule has 0 bridgehead atoms. The average Bonchev–Trinajstić information content (AvgIpc) is 2.65. The number of carbonyl (C=O) groups is 1. The van der Waals surface area contributed by atoms with Crippen LogP contribution in [0.5, 0.6) is 0 Å². The molecule has 0 spiro atoms. The monoisotopic (exact) mass is 428 g/mol. The van der Waals surface area contributed by atoms with Gasteiger partial charge in [0.25, 0.3) is 0 Å². The van der Waals surface area contributed by atoms with Crippen LogP contribution in [-0.4, -0.2) is 24.3 Å². The first-order chi connectivity index (χ1) is 13.7. The van der Waals surface area contributed by atoms with Gasteiger partial charge in [0.1, 0.15) is 5.25 Å². The van der Waals surface area contributed by atoms with Gasteiger partial charge in [0, 0.05) is 17.1 Å². The summed E-state index contributed by atoms with van der Waals surface area (Å²) < 4.78 is 22.8. The van der Waals surface area contributed by atoms with Crippen LogP contribution < -0.4 is 10.5 Å². The van der Waals surface area contributed by atoms with Crippen LogP contribution in [0, 0.1) is 13.8 Å². The van der Waals surface area contributed by atoms with Crippen molar-refractivity contribution >= 4 is 33.4 Å². The SMILES string of the molecule is Cc1cc(C)nc(S[C@@H](C(=O)Nc2ccc(S(N)(=O)=O)cc2)c2ccccc2)n1. The normalized spacial score (nSPS) is 12.4. The van der Waals surface area contributed by atoms with Crippen LogP contribution >= 0.6 is 11.8 Å². The number of anilines is 1. The molecule has 3 N–H and O–H groups in total. The lowest BCUT2D eigenvalue weighted by molar-refractivity contribution is -0.115. The van der Waals surface area contributed by atoms with Crippen LogP contribution in [0.1, 0.15) is 22.2 Å². The maximum atomic E-state index is 13.0. The quantitative estimate of drug-likeness (QED) is 0.460. The Labute approximate surface area is 173 Å². The Balaban J connectivity index is 1.86. The minimum Gasteiger partial charge on any atom is -0.325 e. The van der Waals surface area contributed by atoms with E-state index in [1.54, 1.807) is 0 Å². The van der Waals surface area contributed by atoms with Crippen LogP contribution in [0.25, 0.3) is 0 Å². The van der Waals surface area contributed by atoms with Crippen molar-refractivity contribution in [1.29, 1.82) is 0 Å². The molecule has 1 atom stereocenters. The molecule has 0 aliphatic carbocycles. The predicted octanol–water partition coefficient (Wildman–Crippen LogP) is 3.21. The molecule has 0 fully saturated rings. The summed E-state index contributed by atoms with van der Waals surface area (Å²) in [7, 11) is -3.79. The Morgan fingerprint density at radius 2 is 1.59 bits per heavy atom. The van der Waals surface area contributed by atoms with Gasteiger partial charge in [-0.25, -0.2) is 23.5 Å². The van der Waals surface area contributed by atoms with Crippen molar-refractivity contribution in [2.24, 2.45) is 5.14 Å². The molecule has 0 saturated heterocycles. The molecule has 0 radical (unpaired) electrons. The molecule has 0 unspecified atom stereocenters. The number of nitrogens with one attached hydrogen (secondary N) is 1. The number of nitrogens with two attached hydrogens (primary N) is 1. The summed E-state index contributed by atoms with van der Waals surface area (Å²) in [6.07, 6.45) is 0. The minimum absolute atomic E-state index is 0.0203. The number of sulfonamides is 1. The molecule has 1 heterocycles. The second-order valence-electron chi connectivity index (χ2n) is 6.40. The van der Waals surface area contributed by atoms with Gasteiger partial charge in [-0.1, -0.05) is 42.1 Å². The summed E-state index contributed by atoms with van der Waals surface area (Å²) in [5, 5.41) is 7.85. The second kappa shape index (κ2) is 8.73. The zero-order valence-electron chi connectivity index (χ0n) is 15.9. The Morgan fingerprint density at radius 3 is 2.14 bits per heavy atom. The first-order valence-electron chi connectivity index (χ1n) is 8.70. The van der Waals surface area contributed by atoms with E-state index in [9.17, 15) is 13.2 Å². The van der Waals surface area contributed by atoms with Gasteiger partial charge in [-0.3, -0.25) is 4.79 Å². The fraction of sp³-hybridized carbons (Fsp3) is 0.150. The van der Waals surface area contributed by atoms with Gasteiger partial charge in [-0.15, -0.1) is 0 Å². The van der Waals surface area contributed by atoms with E-state index in [4.69, 9.17) is 5.14 Å². The zero-order chi connectivity index (χ0) is 21.0. The maximum Gasteiger partial charge on any atom is 0.242 e. The fourth-order valence-electron chi connectivity index (χ4n) is 2.69. The summed E-state index contributed by atoms with van der Waals surface area (Å²) in [6.45, 7) is 3.76. The highest BCUT2D eigenvalue weighted by Gasteiger charge is 2.24. The fourth-order valence-corrected chi connectivity index (χ4v) is 4.27. The van der Waals surface area contributed by atoms with E-state index >= 15 is 0 Å². The third kappa shape index (κ3) is 5.63. The van der Waals surface area contributed by atoms with Crippen molar-refractivity contribution in [3.05, 3.63) is 77.6 Å². The molecular formula is C20H20N4O3S2. The number of primary sulfonamides is 1. The van der Waals surface area contributed by atoms with Crippen molar-refractivity contribution in [2.75, 3.05) is 5.32 Å². The van der Waals surface area contributed by atoms with Crippen LogP contribution in [0.3, 0.4) is 0 Å². The third-order valence-electron chi connectivity index (χ3n) is 3.98. The van der Waals surface area contributed by atoms with E-state index in [-0.39, 0.29) is 10.8 Å². The number of hydrogen-bond donors (Lipinski definition) is 2. The predicted molar refractivity (Wildman–Crippen MR) is 113 cm³/mol. The van der Waals surface area contributed by atoms with Gasteiger partial charge in [0.15, 0.2) is 5.16 Å². The number of amides is 1. The van der Waals surface area contributed by atoms with Gasteiger partial charge in [-0.2, -0.15) is 0 Å². The van der Waals surface area contributed by atoms with Crippen LogP contribution in [0.15, 0.2) is 70.7 Å². The van der Waals surface area contributed by atoms with Crippen molar-refractivity contribution in [2.45, 2.75) is 29.1 Å². The molecule has 3 rings (SSSR count). The average molecular weight is 429 g/mol. The number of aryl methyl sites for hydroxylation is 2. The smallest absolute Gasteiger partial charge is 0.242 e. The number of hydrogen-bond acceptors (Lipinski definition) is 6.